The molecule has 29 heavy (non-hydrogen) atoms. The van der Waals surface area contributed by atoms with E-state index in [1.165, 1.54) is 5.56 Å². The van der Waals surface area contributed by atoms with E-state index >= 15 is 0 Å². The maximum Gasteiger partial charge on any atom is 0.226 e. The van der Waals surface area contributed by atoms with Crippen molar-refractivity contribution in [2.24, 2.45) is 0 Å². The van der Waals surface area contributed by atoms with Gasteiger partial charge in [0.15, 0.2) is 0 Å². The van der Waals surface area contributed by atoms with Crippen LogP contribution in [-0.2, 0) is 6.42 Å². The molecule has 9 heteroatoms. The number of halogens is 1. The molecule has 4 rings (SSSR count). The van der Waals surface area contributed by atoms with Gasteiger partial charge in [-0.25, -0.2) is 0 Å². The van der Waals surface area contributed by atoms with Crippen molar-refractivity contribution in [1.82, 2.24) is 25.0 Å². The lowest BCUT2D eigenvalue weighted by Gasteiger charge is -2.49. The number of aliphatic hydroxyl groups excluding tert-OH is 1. The Labute approximate surface area is 176 Å². The Kier molecular flexibility index (Phi) is 6.24. The van der Waals surface area contributed by atoms with Gasteiger partial charge in [0.1, 0.15) is 0 Å². The van der Waals surface area contributed by atoms with Crippen molar-refractivity contribution < 1.29 is 5.11 Å². The number of aromatic amines is 1. The second-order valence-electron chi connectivity index (χ2n) is 8.21. The molecule has 0 amide bonds. The maximum atomic E-state index is 9.85. The Balaban J connectivity index is 1.45. The van der Waals surface area contributed by atoms with Crippen LogP contribution in [0.4, 0.5) is 11.9 Å². The monoisotopic (exact) mass is 419 g/mol. The molecule has 2 aliphatic rings. The van der Waals surface area contributed by atoms with Crippen LogP contribution < -0.4 is 10.6 Å². The van der Waals surface area contributed by atoms with Crippen molar-refractivity contribution in [3.05, 3.63) is 34.9 Å². The summed E-state index contributed by atoms with van der Waals surface area (Å²) in [7, 11) is 2.12. The fraction of sp³-hybridized carbons (Fsp3) is 0.600. The van der Waals surface area contributed by atoms with Crippen molar-refractivity contribution in [1.29, 1.82) is 0 Å². The van der Waals surface area contributed by atoms with E-state index in [2.05, 4.69) is 49.1 Å². The first-order valence-electron chi connectivity index (χ1n) is 10.3. The summed E-state index contributed by atoms with van der Waals surface area (Å²) in [5.41, 5.74) is 6.97. The third-order valence-corrected chi connectivity index (χ3v) is 6.59. The van der Waals surface area contributed by atoms with E-state index in [-0.39, 0.29) is 12.6 Å². The standard InChI is InChI=1S/C20H30ClN7O/c1-26-11-17(10-14-2-4-15(21)5-3-14)28(12-18(26)13-29)16-6-8-27(9-7-16)20-23-19(22)24-25-20/h2-5,16-18,29H,6-13H2,1H3,(H3,22,23,24,25). The van der Waals surface area contributed by atoms with Gasteiger partial charge in [-0.15, -0.1) is 10.2 Å². The molecule has 3 heterocycles. The predicted molar refractivity (Wildman–Crippen MR) is 115 cm³/mol. The molecule has 0 aliphatic carbocycles. The number of likely N-dealkylation sites (N-methyl/N-ethyl adjacent to an activating group) is 1. The average molecular weight is 420 g/mol. The lowest BCUT2D eigenvalue weighted by molar-refractivity contribution is -0.0107. The highest BCUT2D eigenvalue weighted by atomic mass is 35.5. The largest absolute Gasteiger partial charge is 0.395 e. The number of piperidine rings is 1. The fourth-order valence-corrected chi connectivity index (χ4v) is 4.78. The molecule has 1 aromatic carbocycles. The molecular formula is C20H30ClN7O. The SMILES string of the molecule is CN1CC(Cc2ccc(Cl)cc2)N(C2CCN(c3nnc(N)[nH]3)CC2)CC1CO. The summed E-state index contributed by atoms with van der Waals surface area (Å²) in [6, 6.07) is 9.26. The third-order valence-electron chi connectivity index (χ3n) is 6.33. The Morgan fingerprint density at radius 1 is 1.14 bits per heavy atom. The number of nitrogens with one attached hydrogen (secondary N) is 1. The van der Waals surface area contributed by atoms with E-state index in [4.69, 9.17) is 17.3 Å². The second-order valence-corrected chi connectivity index (χ2v) is 8.65. The van der Waals surface area contributed by atoms with Gasteiger partial charge in [0, 0.05) is 49.3 Å². The zero-order valence-corrected chi connectivity index (χ0v) is 17.6. The molecule has 0 saturated carbocycles. The first-order chi connectivity index (χ1) is 14.0. The number of aromatic nitrogens is 3. The summed E-state index contributed by atoms with van der Waals surface area (Å²) in [5, 5.41) is 18.6. The van der Waals surface area contributed by atoms with E-state index in [9.17, 15) is 5.11 Å². The van der Waals surface area contributed by atoms with Crippen LogP contribution in [0, 0.1) is 0 Å². The number of rotatable bonds is 5. The minimum atomic E-state index is 0.184. The van der Waals surface area contributed by atoms with Gasteiger partial charge >= 0.3 is 0 Å². The predicted octanol–water partition coefficient (Wildman–Crippen LogP) is 1.23. The second kappa shape index (κ2) is 8.87. The summed E-state index contributed by atoms with van der Waals surface area (Å²) < 4.78 is 0. The lowest BCUT2D eigenvalue weighted by atomic mass is 9.94. The molecular weight excluding hydrogens is 390 g/mol. The lowest BCUT2D eigenvalue weighted by Crippen LogP contribution is -2.62. The topological polar surface area (TPSA) is 97.5 Å². The average Bonchev–Trinajstić information content (AvgIpc) is 3.16. The van der Waals surface area contributed by atoms with Gasteiger partial charge < -0.3 is 15.7 Å². The molecule has 2 fully saturated rings. The molecule has 1 aromatic heterocycles. The molecule has 0 radical (unpaired) electrons. The highest BCUT2D eigenvalue weighted by Crippen LogP contribution is 2.27. The van der Waals surface area contributed by atoms with E-state index in [1.54, 1.807) is 0 Å². The van der Waals surface area contributed by atoms with Gasteiger partial charge in [-0.05, 0) is 44.0 Å². The molecule has 2 unspecified atom stereocenters. The molecule has 8 nitrogen and oxygen atoms in total. The minimum absolute atomic E-state index is 0.184. The molecule has 158 valence electrons. The Hall–Kier alpha value is -1.87. The molecule has 0 bridgehead atoms. The van der Waals surface area contributed by atoms with Crippen molar-refractivity contribution >= 4 is 23.5 Å². The van der Waals surface area contributed by atoms with Gasteiger partial charge in [-0.3, -0.25) is 14.8 Å². The zero-order chi connectivity index (χ0) is 20.4. The minimum Gasteiger partial charge on any atom is -0.395 e. The van der Waals surface area contributed by atoms with Gasteiger partial charge in [-0.2, -0.15) is 0 Å². The molecule has 4 N–H and O–H groups in total. The van der Waals surface area contributed by atoms with Crippen molar-refractivity contribution in [2.75, 3.05) is 50.5 Å². The fourth-order valence-electron chi connectivity index (χ4n) is 4.65. The summed E-state index contributed by atoms with van der Waals surface area (Å²) in [6.45, 7) is 3.88. The summed E-state index contributed by atoms with van der Waals surface area (Å²) >= 11 is 6.06. The molecule has 2 aromatic rings. The van der Waals surface area contributed by atoms with Gasteiger partial charge in [0.25, 0.3) is 0 Å². The molecule has 2 atom stereocenters. The number of nitrogens with two attached hydrogens (primary N) is 1. The zero-order valence-electron chi connectivity index (χ0n) is 16.8. The smallest absolute Gasteiger partial charge is 0.226 e. The van der Waals surface area contributed by atoms with Crippen LogP contribution in [0.3, 0.4) is 0 Å². The van der Waals surface area contributed by atoms with Crippen molar-refractivity contribution in [2.45, 2.75) is 37.4 Å². The molecule has 2 saturated heterocycles. The number of piperazine rings is 1. The number of H-pyrrole nitrogens is 1. The van der Waals surface area contributed by atoms with Crippen molar-refractivity contribution in [3.63, 3.8) is 0 Å². The Bertz CT molecular complexity index is 790. The van der Waals surface area contributed by atoms with Gasteiger partial charge in [0.2, 0.25) is 11.9 Å². The number of benzene rings is 1. The highest BCUT2D eigenvalue weighted by molar-refractivity contribution is 6.30. The highest BCUT2D eigenvalue weighted by Gasteiger charge is 2.37. The van der Waals surface area contributed by atoms with Crippen LogP contribution in [0.15, 0.2) is 24.3 Å². The third kappa shape index (κ3) is 4.66. The van der Waals surface area contributed by atoms with Crippen LogP contribution in [0.25, 0.3) is 0 Å². The first-order valence-corrected chi connectivity index (χ1v) is 10.7. The Morgan fingerprint density at radius 3 is 2.48 bits per heavy atom. The van der Waals surface area contributed by atoms with E-state index in [0.29, 0.717) is 18.0 Å². The molecule has 0 spiro atoms. The number of anilines is 2. The Morgan fingerprint density at radius 2 is 1.86 bits per heavy atom. The normalized spacial score (nSPS) is 24.9. The number of nitrogen functional groups attached to an aromatic ring is 1. The number of hydrogen-bond donors (Lipinski definition) is 3. The van der Waals surface area contributed by atoms with Crippen LogP contribution >= 0.6 is 11.6 Å². The summed E-state index contributed by atoms with van der Waals surface area (Å²) in [5.74, 6) is 1.11. The number of hydrogen-bond acceptors (Lipinski definition) is 7. The summed E-state index contributed by atoms with van der Waals surface area (Å²) in [6.07, 6.45) is 3.09. The van der Waals surface area contributed by atoms with Crippen LogP contribution in [-0.4, -0.2) is 88.0 Å². The van der Waals surface area contributed by atoms with E-state index in [1.807, 2.05) is 12.1 Å². The van der Waals surface area contributed by atoms with Crippen LogP contribution in [0.1, 0.15) is 18.4 Å². The van der Waals surface area contributed by atoms with Crippen molar-refractivity contribution in [3.8, 4) is 0 Å². The van der Waals surface area contributed by atoms with Crippen LogP contribution in [0.5, 0.6) is 0 Å². The number of nitrogens with zero attached hydrogens (tertiary/aromatic N) is 5. The maximum absolute atomic E-state index is 9.85. The van der Waals surface area contributed by atoms with E-state index in [0.717, 1.165) is 56.4 Å². The van der Waals surface area contributed by atoms with Gasteiger partial charge in [0.05, 0.1) is 6.61 Å². The van der Waals surface area contributed by atoms with Gasteiger partial charge in [-0.1, -0.05) is 23.7 Å². The molecule has 2 aliphatic heterocycles. The summed E-state index contributed by atoms with van der Waals surface area (Å²) in [4.78, 5) is 10.2. The quantitative estimate of drug-likeness (QED) is 0.670. The van der Waals surface area contributed by atoms with E-state index < -0.39 is 0 Å². The van der Waals surface area contributed by atoms with Crippen LogP contribution in [0.2, 0.25) is 5.02 Å². The number of aliphatic hydroxyl groups is 1. The first kappa shape index (κ1) is 20.4.